The second kappa shape index (κ2) is 5.90. The summed E-state index contributed by atoms with van der Waals surface area (Å²) >= 11 is 0. The maximum Gasteiger partial charge on any atom is 0.243 e. The van der Waals surface area contributed by atoms with Gasteiger partial charge in [-0.25, -0.2) is 0 Å². The highest BCUT2D eigenvalue weighted by Crippen LogP contribution is 1.96. The Bertz CT molecular complexity index is 154. The van der Waals surface area contributed by atoms with Crippen molar-refractivity contribution in [2.24, 2.45) is 5.73 Å². The van der Waals surface area contributed by atoms with E-state index < -0.39 is 11.5 Å². The van der Waals surface area contributed by atoms with Crippen molar-refractivity contribution in [2.45, 2.75) is 19.4 Å². The van der Waals surface area contributed by atoms with Crippen LogP contribution in [0.1, 0.15) is 13.8 Å². The third-order valence-electron chi connectivity index (χ3n) is 1.23. The predicted molar refractivity (Wildman–Crippen MR) is 49.2 cm³/mol. The van der Waals surface area contributed by atoms with E-state index in [-0.39, 0.29) is 6.61 Å². The second-order valence-corrected chi connectivity index (χ2v) is 3.51. The van der Waals surface area contributed by atoms with Crippen LogP contribution in [-0.4, -0.2) is 42.9 Å². The lowest BCUT2D eigenvalue weighted by molar-refractivity contribution is -0.122. The maximum absolute atomic E-state index is 10.2. The van der Waals surface area contributed by atoms with Gasteiger partial charge in [-0.1, -0.05) is 0 Å². The van der Waals surface area contributed by atoms with E-state index in [1.165, 1.54) is 0 Å². The molecule has 0 rings (SSSR count). The van der Waals surface area contributed by atoms with E-state index in [0.717, 1.165) is 0 Å². The first-order valence-electron chi connectivity index (χ1n) is 4.21. The van der Waals surface area contributed by atoms with Crippen LogP contribution < -0.4 is 11.1 Å². The molecule has 0 aliphatic heterocycles. The summed E-state index contributed by atoms with van der Waals surface area (Å²) in [5, 5.41) is 12.3. The molecule has 0 saturated heterocycles. The molecule has 0 atom stereocenters. The lowest BCUT2D eigenvalue weighted by Crippen LogP contribution is -2.36. The van der Waals surface area contributed by atoms with Gasteiger partial charge in [-0.3, -0.25) is 4.79 Å². The first-order valence-corrected chi connectivity index (χ1v) is 4.21. The topological polar surface area (TPSA) is 84.6 Å². The zero-order valence-corrected chi connectivity index (χ0v) is 8.17. The molecule has 13 heavy (non-hydrogen) atoms. The van der Waals surface area contributed by atoms with Gasteiger partial charge in [0.1, 0.15) is 6.61 Å². The number of carbonyl (C=O) groups is 1. The minimum absolute atomic E-state index is 0.0514. The summed E-state index contributed by atoms with van der Waals surface area (Å²) in [6.45, 7) is 4.88. The van der Waals surface area contributed by atoms with Crippen molar-refractivity contribution < 1.29 is 14.6 Å². The van der Waals surface area contributed by atoms with Crippen LogP contribution in [-0.2, 0) is 9.53 Å². The average molecular weight is 190 g/mol. The van der Waals surface area contributed by atoms with Crippen LogP contribution in [0.2, 0.25) is 0 Å². The number of hydrogen-bond donors (Lipinski definition) is 3. The number of ether oxygens (including phenoxy) is 1. The molecule has 78 valence electrons. The molecular weight excluding hydrogens is 172 g/mol. The van der Waals surface area contributed by atoms with Crippen molar-refractivity contribution in [3.63, 3.8) is 0 Å². The predicted octanol–water partition coefficient (Wildman–Crippen LogP) is -1.15. The molecule has 0 unspecified atom stereocenters. The highest BCUT2D eigenvalue weighted by atomic mass is 16.5. The van der Waals surface area contributed by atoms with E-state index in [1.807, 2.05) is 0 Å². The first-order chi connectivity index (χ1) is 5.92. The summed E-state index contributed by atoms with van der Waals surface area (Å²) in [4.78, 5) is 10.2. The second-order valence-electron chi connectivity index (χ2n) is 3.51. The van der Waals surface area contributed by atoms with Gasteiger partial charge < -0.3 is 20.9 Å². The average Bonchev–Trinajstić information content (AvgIpc) is 1.93. The Balaban J connectivity index is 3.13. The molecule has 0 aromatic rings. The van der Waals surface area contributed by atoms with Gasteiger partial charge in [-0.2, -0.15) is 0 Å². The van der Waals surface area contributed by atoms with Crippen molar-refractivity contribution in [1.82, 2.24) is 5.32 Å². The van der Waals surface area contributed by atoms with Gasteiger partial charge in [0.15, 0.2) is 0 Å². The van der Waals surface area contributed by atoms with Gasteiger partial charge >= 0.3 is 0 Å². The molecule has 5 heteroatoms. The first kappa shape index (κ1) is 12.3. The third-order valence-corrected chi connectivity index (χ3v) is 1.23. The summed E-state index contributed by atoms with van der Waals surface area (Å²) in [7, 11) is 0. The van der Waals surface area contributed by atoms with E-state index in [1.54, 1.807) is 13.8 Å². The molecule has 4 N–H and O–H groups in total. The third kappa shape index (κ3) is 11.3. The molecule has 0 aromatic carbocycles. The summed E-state index contributed by atoms with van der Waals surface area (Å²) in [5.74, 6) is -0.470. The van der Waals surface area contributed by atoms with E-state index in [9.17, 15) is 9.90 Å². The van der Waals surface area contributed by atoms with Crippen LogP contribution in [0, 0.1) is 0 Å². The zero-order valence-electron chi connectivity index (χ0n) is 8.17. The van der Waals surface area contributed by atoms with E-state index >= 15 is 0 Å². The molecule has 0 saturated carbocycles. The van der Waals surface area contributed by atoms with E-state index in [0.29, 0.717) is 19.7 Å². The van der Waals surface area contributed by atoms with Gasteiger partial charge in [-0.15, -0.1) is 0 Å². The number of aliphatic hydroxyl groups is 1. The van der Waals surface area contributed by atoms with E-state index in [4.69, 9.17) is 10.5 Å². The standard InChI is InChI=1S/C8H18N2O3/c1-8(2,12)6-10-3-4-13-5-7(9)11/h10,12H,3-6H2,1-2H3,(H2,9,11). The molecule has 0 aliphatic carbocycles. The largest absolute Gasteiger partial charge is 0.389 e. The Labute approximate surface area is 78.3 Å². The number of carbonyl (C=O) groups excluding carboxylic acids is 1. The number of nitrogens with one attached hydrogen (secondary N) is 1. The number of primary amides is 1. The lowest BCUT2D eigenvalue weighted by atomic mass is 10.1. The van der Waals surface area contributed by atoms with Gasteiger partial charge in [0.05, 0.1) is 12.2 Å². The van der Waals surface area contributed by atoms with Crippen LogP contribution in [0.3, 0.4) is 0 Å². The number of hydrogen-bond acceptors (Lipinski definition) is 4. The van der Waals surface area contributed by atoms with Gasteiger partial charge in [0.25, 0.3) is 0 Å². The van der Waals surface area contributed by atoms with Crippen LogP contribution in [0.15, 0.2) is 0 Å². The van der Waals surface area contributed by atoms with Crippen LogP contribution in [0.25, 0.3) is 0 Å². The molecule has 0 aliphatic rings. The Kier molecular flexibility index (Phi) is 5.61. The summed E-state index contributed by atoms with van der Waals surface area (Å²) in [6.07, 6.45) is 0. The highest BCUT2D eigenvalue weighted by molar-refractivity contribution is 5.74. The smallest absolute Gasteiger partial charge is 0.243 e. The van der Waals surface area contributed by atoms with Crippen molar-refractivity contribution in [1.29, 1.82) is 0 Å². The number of rotatable bonds is 7. The molecule has 0 bridgehead atoms. The molecule has 0 heterocycles. The Hall–Kier alpha value is -0.650. The van der Waals surface area contributed by atoms with Crippen LogP contribution in [0.4, 0.5) is 0 Å². The normalized spacial score (nSPS) is 11.6. The van der Waals surface area contributed by atoms with Crippen LogP contribution in [0.5, 0.6) is 0 Å². The number of amides is 1. The van der Waals surface area contributed by atoms with Crippen LogP contribution >= 0.6 is 0 Å². The quantitative estimate of drug-likeness (QED) is 0.442. The molecular formula is C8H18N2O3. The summed E-state index contributed by atoms with van der Waals surface area (Å²) in [6, 6.07) is 0. The maximum atomic E-state index is 10.2. The van der Waals surface area contributed by atoms with Gasteiger partial charge in [0.2, 0.25) is 5.91 Å². The van der Waals surface area contributed by atoms with Gasteiger partial charge in [0, 0.05) is 13.1 Å². The fraction of sp³-hybridized carbons (Fsp3) is 0.875. The van der Waals surface area contributed by atoms with Crippen molar-refractivity contribution in [3.8, 4) is 0 Å². The Morgan fingerprint density at radius 2 is 2.23 bits per heavy atom. The minimum atomic E-state index is -0.719. The summed E-state index contributed by atoms with van der Waals surface area (Å²) < 4.78 is 4.89. The zero-order chi connectivity index (χ0) is 10.3. The minimum Gasteiger partial charge on any atom is -0.389 e. The molecule has 0 fully saturated rings. The molecule has 1 amide bonds. The molecule has 0 spiro atoms. The van der Waals surface area contributed by atoms with Crippen molar-refractivity contribution >= 4 is 5.91 Å². The Morgan fingerprint density at radius 1 is 1.62 bits per heavy atom. The SMILES string of the molecule is CC(C)(O)CNCCOCC(N)=O. The van der Waals surface area contributed by atoms with E-state index in [2.05, 4.69) is 5.32 Å². The monoisotopic (exact) mass is 190 g/mol. The Morgan fingerprint density at radius 3 is 2.69 bits per heavy atom. The molecule has 0 radical (unpaired) electrons. The fourth-order valence-electron chi connectivity index (χ4n) is 0.711. The highest BCUT2D eigenvalue weighted by Gasteiger charge is 2.10. The summed E-state index contributed by atoms with van der Waals surface area (Å²) in [5.41, 5.74) is 4.13. The molecule has 0 aromatic heterocycles. The lowest BCUT2D eigenvalue weighted by Gasteiger charge is -2.17. The number of nitrogens with two attached hydrogens (primary N) is 1. The van der Waals surface area contributed by atoms with Crippen molar-refractivity contribution in [2.75, 3.05) is 26.3 Å². The van der Waals surface area contributed by atoms with Gasteiger partial charge in [-0.05, 0) is 13.8 Å². The van der Waals surface area contributed by atoms with Crippen molar-refractivity contribution in [3.05, 3.63) is 0 Å². The fourth-order valence-corrected chi connectivity index (χ4v) is 0.711. The molecule has 5 nitrogen and oxygen atoms in total.